The van der Waals surface area contributed by atoms with Crippen molar-refractivity contribution in [3.05, 3.63) is 24.2 Å². The van der Waals surface area contributed by atoms with Gasteiger partial charge >= 0.3 is 12.1 Å². The van der Waals surface area contributed by atoms with Crippen LogP contribution in [-0.4, -0.2) is 61.8 Å². The normalized spacial score (nSPS) is 23.3. The Kier molecular flexibility index (Phi) is 5.29. The molecule has 33 heavy (non-hydrogen) atoms. The Morgan fingerprint density at radius 2 is 1.91 bits per heavy atom. The molecule has 2 aliphatic rings. The summed E-state index contributed by atoms with van der Waals surface area (Å²) < 4.78 is 74.1. The first-order chi connectivity index (χ1) is 15.6. The number of hydrogen-bond donors (Lipinski definition) is 1. The SMILES string of the molecule is Cc1cc(N2C[C@H]3CC[C@@H](C2)[C@@H]3Nc2nc3c(OCC(F)(F)C(F)(F)F)nccn3n2)sn1. The predicted molar refractivity (Wildman–Crippen MR) is 110 cm³/mol. The molecule has 5 rings (SSSR count). The first-order valence-electron chi connectivity index (χ1n) is 10.3. The first kappa shape index (κ1) is 22.0. The minimum absolute atomic E-state index is 0.0390. The van der Waals surface area contributed by atoms with Crippen LogP contribution in [0, 0.1) is 18.8 Å². The van der Waals surface area contributed by atoms with Crippen LogP contribution in [0.5, 0.6) is 5.88 Å². The average molecular weight is 489 g/mol. The van der Waals surface area contributed by atoms with Crippen molar-refractivity contribution in [3.63, 3.8) is 0 Å². The second-order valence-electron chi connectivity index (χ2n) is 8.41. The molecule has 3 atom stereocenters. The van der Waals surface area contributed by atoms with Crippen molar-refractivity contribution in [1.82, 2.24) is 24.0 Å². The van der Waals surface area contributed by atoms with Crippen molar-refractivity contribution >= 4 is 28.1 Å². The van der Waals surface area contributed by atoms with Gasteiger partial charge in [-0.05, 0) is 49.2 Å². The number of fused-ring (bicyclic) bond motifs is 3. The highest BCUT2D eigenvalue weighted by Gasteiger charge is 2.58. The van der Waals surface area contributed by atoms with E-state index in [0.717, 1.165) is 36.6 Å². The van der Waals surface area contributed by atoms with Crippen LogP contribution in [0.15, 0.2) is 18.5 Å². The summed E-state index contributed by atoms with van der Waals surface area (Å²) in [6.45, 7) is 1.81. The summed E-state index contributed by atoms with van der Waals surface area (Å²) >= 11 is 1.49. The molecule has 1 saturated carbocycles. The van der Waals surface area contributed by atoms with Crippen LogP contribution < -0.4 is 15.0 Å². The Morgan fingerprint density at radius 1 is 1.18 bits per heavy atom. The van der Waals surface area contributed by atoms with Gasteiger partial charge in [-0.15, -0.1) is 5.10 Å². The molecule has 0 spiro atoms. The molecular formula is C19H20F5N7OS. The summed E-state index contributed by atoms with van der Waals surface area (Å²) in [5.74, 6) is -4.49. The molecule has 1 N–H and O–H groups in total. The van der Waals surface area contributed by atoms with E-state index >= 15 is 0 Å². The van der Waals surface area contributed by atoms with E-state index in [9.17, 15) is 22.0 Å². The van der Waals surface area contributed by atoms with E-state index < -0.39 is 24.6 Å². The van der Waals surface area contributed by atoms with Crippen molar-refractivity contribution in [1.29, 1.82) is 0 Å². The fourth-order valence-electron chi connectivity index (χ4n) is 4.49. The van der Waals surface area contributed by atoms with Crippen molar-refractivity contribution in [2.24, 2.45) is 11.8 Å². The minimum Gasteiger partial charge on any atom is -0.468 e. The van der Waals surface area contributed by atoms with Crippen LogP contribution in [0.1, 0.15) is 18.5 Å². The number of halogens is 5. The van der Waals surface area contributed by atoms with E-state index in [1.54, 1.807) is 0 Å². The molecule has 178 valence electrons. The maximum atomic E-state index is 13.2. The largest absolute Gasteiger partial charge is 0.468 e. The summed E-state index contributed by atoms with van der Waals surface area (Å²) in [6, 6.07) is 2.21. The number of aryl methyl sites for hydroxylation is 1. The number of nitrogens with zero attached hydrogens (tertiary/aromatic N) is 6. The molecule has 0 unspecified atom stereocenters. The summed E-state index contributed by atoms with van der Waals surface area (Å²) in [5, 5.41) is 8.77. The lowest BCUT2D eigenvalue weighted by Gasteiger charge is -2.38. The van der Waals surface area contributed by atoms with Crippen LogP contribution in [0.2, 0.25) is 0 Å². The molecule has 1 saturated heterocycles. The molecule has 1 aliphatic heterocycles. The molecule has 14 heteroatoms. The number of nitrogens with one attached hydrogen (secondary N) is 1. The minimum atomic E-state index is -5.72. The number of ether oxygens (including phenoxy) is 1. The standard InChI is InChI=1S/C19H20F5N7OS/c1-10-6-13(33-29-10)30-7-11-2-3-12(8-30)14(11)26-17-27-15-16(25-4-5-31(15)28-17)32-9-18(20,21)19(22,23)24/h4-6,11-12,14H,2-3,7-9H2,1H3,(H,26,28)/t11-,12+,14-. The Hall–Kier alpha value is -2.77. The number of rotatable bonds is 6. The van der Waals surface area contributed by atoms with E-state index in [0.29, 0.717) is 11.8 Å². The molecule has 3 aromatic heterocycles. The van der Waals surface area contributed by atoms with Gasteiger partial charge < -0.3 is 15.0 Å². The Morgan fingerprint density at radius 3 is 2.55 bits per heavy atom. The third-order valence-corrected chi connectivity index (χ3v) is 7.03. The summed E-state index contributed by atoms with van der Waals surface area (Å²) in [7, 11) is 0. The lowest BCUT2D eigenvalue weighted by molar-refractivity contribution is -0.290. The average Bonchev–Trinajstić information content (AvgIpc) is 3.41. The highest BCUT2D eigenvalue weighted by atomic mass is 32.1. The maximum Gasteiger partial charge on any atom is 0.456 e. The number of anilines is 2. The zero-order chi connectivity index (χ0) is 23.4. The number of aromatic nitrogens is 5. The third kappa shape index (κ3) is 4.15. The van der Waals surface area contributed by atoms with Gasteiger partial charge in [-0.3, -0.25) is 0 Å². The second-order valence-corrected chi connectivity index (χ2v) is 9.19. The number of alkyl halides is 5. The molecule has 3 aromatic rings. The Balaban J connectivity index is 1.30. The maximum absolute atomic E-state index is 13.2. The van der Waals surface area contributed by atoms with Crippen molar-refractivity contribution in [2.45, 2.75) is 37.9 Å². The Labute approximate surface area is 188 Å². The van der Waals surface area contributed by atoms with Crippen molar-refractivity contribution in [2.75, 3.05) is 29.9 Å². The zero-order valence-corrected chi connectivity index (χ0v) is 18.2. The lowest BCUT2D eigenvalue weighted by Crippen LogP contribution is -2.48. The second kappa shape index (κ2) is 7.92. The van der Waals surface area contributed by atoms with Crippen LogP contribution in [0.25, 0.3) is 5.65 Å². The highest BCUT2D eigenvalue weighted by Crippen LogP contribution is 2.41. The van der Waals surface area contributed by atoms with Gasteiger partial charge in [0, 0.05) is 31.5 Å². The third-order valence-electron chi connectivity index (χ3n) is 6.08. The van der Waals surface area contributed by atoms with E-state index in [1.807, 2.05) is 6.92 Å². The molecule has 1 aliphatic carbocycles. The van der Waals surface area contributed by atoms with Crippen LogP contribution in [0.3, 0.4) is 0 Å². The van der Waals surface area contributed by atoms with E-state index in [2.05, 4.69) is 40.5 Å². The van der Waals surface area contributed by atoms with Crippen molar-refractivity contribution < 1.29 is 26.7 Å². The quantitative estimate of drug-likeness (QED) is 0.528. The van der Waals surface area contributed by atoms with E-state index in [4.69, 9.17) is 0 Å². The molecule has 0 aromatic carbocycles. The van der Waals surface area contributed by atoms with Gasteiger partial charge in [-0.2, -0.15) is 31.3 Å². The van der Waals surface area contributed by atoms with Gasteiger partial charge in [0.2, 0.25) is 11.6 Å². The topological polar surface area (TPSA) is 80.5 Å². The van der Waals surface area contributed by atoms with Gasteiger partial charge in [0.15, 0.2) is 6.61 Å². The van der Waals surface area contributed by atoms with Gasteiger partial charge in [0.1, 0.15) is 5.00 Å². The highest BCUT2D eigenvalue weighted by molar-refractivity contribution is 7.10. The number of piperidine rings is 1. The lowest BCUT2D eigenvalue weighted by atomic mass is 9.92. The predicted octanol–water partition coefficient (Wildman–Crippen LogP) is 3.79. The smallest absolute Gasteiger partial charge is 0.456 e. The van der Waals surface area contributed by atoms with Crippen molar-refractivity contribution in [3.8, 4) is 5.88 Å². The van der Waals surface area contributed by atoms with E-state index in [1.165, 1.54) is 28.4 Å². The molecule has 2 fully saturated rings. The summed E-state index contributed by atoms with van der Waals surface area (Å²) in [5.41, 5.74) is 0.957. The molecular weight excluding hydrogens is 469 g/mol. The molecule has 0 amide bonds. The van der Waals surface area contributed by atoms with E-state index in [-0.39, 0.29) is 17.6 Å². The fourth-order valence-corrected chi connectivity index (χ4v) is 5.26. The monoisotopic (exact) mass is 489 g/mol. The molecule has 0 radical (unpaired) electrons. The molecule has 4 heterocycles. The van der Waals surface area contributed by atoms with Gasteiger partial charge in [-0.25, -0.2) is 9.50 Å². The molecule has 8 nitrogen and oxygen atoms in total. The Bertz CT molecular complexity index is 1140. The van der Waals surface area contributed by atoms with Crippen LogP contribution >= 0.6 is 11.5 Å². The zero-order valence-electron chi connectivity index (χ0n) is 17.4. The molecule has 2 bridgehead atoms. The van der Waals surface area contributed by atoms with Gasteiger partial charge in [0.05, 0.1) is 5.69 Å². The van der Waals surface area contributed by atoms with Crippen LogP contribution in [0.4, 0.5) is 32.9 Å². The van der Waals surface area contributed by atoms with Gasteiger partial charge in [0.25, 0.3) is 5.88 Å². The fraction of sp³-hybridized carbons (Fsp3) is 0.579. The number of hydrogen-bond acceptors (Lipinski definition) is 8. The summed E-state index contributed by atoms with van der Waals surface area (Å²) in [6.07, 6.45) is -0.999. The summed E-state index contributed by atoms with van der Waals surface area (Å²) in [4.78, 5) is 10.4. The van der Waals surface area contributed by atoms with Gasteiger partial charge in [-0.1, -0.05) is 0 Å². The van der Waals surface area contributed by atoms with Crippen LogP contribution in [-0.2, 0) is 0 Å². The first-order valence-corrected chi connectivity index (χ1v) is 11.1.